The van der Waals surface area contributed by atoms with E-state index in [0.29, 0.717) is 0 Å². The van der Waals surface area contributed by atoms with Gasteiger partial charge < -0.3 is 9.84 Å². The van der Waals surface area contributed by atoms with Crippen LogP contribution in [0.5, 0.6) is 11.5 Å². The zero-order valence-corrected chi connectivity index (χ0v) is 29.6. The number of fused-ring (bicyclic) bond motifs is 4. The molecule has 3 fully saturated rings. The Morgan fingerprint density at radius 2 is 1.56 bits per heavy atom. The van der Waals surface area contributed by atoms with E-state index in [9.17, 15) is 47.6 Å². The van der Waals surface area contributed by atoms with Crippen LogP contribution in [0.25, 0.3) is 0 Å². The number of aromatic hydroxyl groups is 1. The third kappa shape index (κ3) is 4.60. The number of carbonyl (C=O) groups excluding carboxylic acids is 4. The zero-order valence-electron chi connectivity index (χ0n) is 25.9. The number of alkyl halides is 2. The molecule has 270 valence electrons. The second kappa shape index (κ2) is 12.1. The lowest BCUT2D eigenvalue weighted by Crippen LogP contribution is -2.60. The van der Waals surface area contributed by atoms with Gasteiger partial charge in [0.2, 0.25) is 17.6 Å². The molecule has 7 rings (SSSR count). The minimum absolute atomic E-state index is 0.0289. The Bertz CT molecular complexity index is 2220. The van der Waals surface area contributed by atoms with Crippen LogP contribution in [0.4, 0.5) is 39.0 Å². The van der Waals surface area contributed by atoms with Gasteiger partial charge in [-0.05, 0) is 65.1 Å². The van der Waals surface area contributed by atoms with Gasteiger partial charge in [-0.1, -0.05) is 17.7 Å². The number of hydrogen-bond acceptors (Lipinski definition) is 8. The number of amides is 4. The fraction of sp³-hybridized carbons (Fsp3) is 0.273. The molecule has 2 saturated heterocycles. The molecular weight excluding hydrogens is 859 g/mol. The topological polar surface area (TPSA) is 147 Å². The highest BCUT2D eigenvalue weighted by Gasteiger charge is 2.77. The molecule has 0 spiro atoms. The highest BCUT2D eigenvalue weighted by atomic mass is 127. The molecule has 11 nitrogen and oxygen atoms in total. The molecule has 3 aromatic carbocycles. The number of nitro benzene ring substituents is 1. The number of hydrogen-bond donors (Lipinski definition) is 1. The number of nitro groups is 1. The lowest BCUT2D eigenvalue weighted by molar-refractivity contribution is -0.384. The molecular formula is C33H19Cl2F5IN3O8. The summed E-state index contributed by atoms with van der Waals surface area (Å²) in [6.07, 6.45) is 0.595. The van der Waals surface area contributed by atoms with Crippen LogP contribution in [0.1, 0.15) is 24.3 Å². The number of carbonyl (C=O) groups is 4. The molecule has 1 N–H and O–H groups in total. The number of benzene rings is 3. The SMILES string of the molecule is COc1cc(C2C3=CCC4C(=O)N(c5cccc([N+](=O)[O-])c5)C(=O)C4C3CC3(Cl)C(=O)N(c4c(F)c(F)c(F)c(F)c4F)C(=O)C23Cl)cc(I)c1O. The van der Waals surface area contributed by atoms with E-state index in [0.717, 1.165) is 17.0 Å². The van der Waals surface area contributed by atoms with Gasteiger partial charge in [0.15, 0.2) is 44.5 Å². The summed E-state index contributed by atoms with van der Waals surface area (Å²) in [6, 6.07) is 7.30. The second-order valence-corrected chi connectivity index (χ2v) is 14.9. The molecule has 1 saturated carbocycles. The second-order valence-electron chi connectivity index (χ2n) is 12.5. The van der Waals surface area contributed by atoms with Crippen molar-refractivity contribution in [1.82, 2.24) is 0 Å². The van der Waals surface area contributed by atoms with Crippen molar-refractivity contribution in [2.45, 2.75) is 28.5 Å². The maximum Gasteiger partial charge on any atom is 0.271 e. The standard InChI is InChI=1S/C33H19Cl2F5IN3O8/c1-52-18-8-11(7-17(41)27(18)45)20-14-5-6-15-19(29(47)42(28(15)46)12-3-2-4-13(9-12)44(50)51)16(14)10-32(34)30(48)43(31(49)33(20,32)35)26-24(39)22(37)21(36)23(38)25(26)40/h2-5,7-9,15-16,19-20,45H,6,10H2,1H3. The number of imide groups is 2. The number of allylic oxidation sites excluding steroid dienone is 2. The van der Waals surface area contributed by atoms with Gasteiger partial charge in [-0.3, -0.25) is 29.3 Å². The molecule has 6 atom stereocenters. The Hall–Kier alpha value is -4.36. The van der Waals surface area contributed by atoms with Crippen LogP contribution in [-0.4, -0.2) is 50.5 Å². The Morgan fingerprint density at radius 1 is 0.923 bits per heavy atom. The van der Waals surface area contributed by atoms with Crippen LogP contribution in [0.3, 0.4) is 0 Å². The molecule has 4 amide bonds. The minimum atomic E-state index is -2.78. The maximum atomic E-state index is 15.3. The molecule has 0 radical (unpaired) electrons. The predicted molar refractivity (Wildman–Crippen MR) is 179 cm³/mol. The van der Waals surface area contributed by atoms with E-state index < -0.39 is 109 Å². The van der Waals surface area contributed by atoms with Crippen LogP contribution in [0.15, 0.2) is 48.0 Å². The first-order valence-electron chi connectivity index (χ1n) is 15.1. The lowest BCUT2D eigenvalue weighted by Gasteiger charge is -2.50. The van der Waals surface area contributed by atoms with Gasteiger partial charge in [-0.25, -0.2) is 31.8 Å². The average Bonchev–Trinajstić information content (AvgIpc) is 3.45. The quantitative estimate of drug-likeness (QED) is 0.0358. The molecule has 2 heterocycles. The number of phenolic OH excluding ortho intramolecular Hbond substituents is 1. The summed E-state index contributed by atoms with van der Waals surface area (Å²) in [5.74, 6) is -23.2. The van der Waals surface area contributed by atoms with Crippen molar-refractivity contribution in [3.63, 3.8) is 0 Å². The fourth-order valence-electron chi connectivity index (χ4n) is 7.86. The van der Waals surface area contributed by atoms with Crippen LogP contribution < -0.4 is 14.5 Å². The first-order chi connectivity index (χ1) is 24.4. The van der Waals surface area contributed by atoms with Crippen molar-refractivity contribution in [3.8, 4) is 11.5 Å². The molecule has 0 aromatic heterocycles. The van der Waals surface area contributed by atoms with E-state index in [2.05, 4.69) is 0 Å². The van der Waals surface area contributed by atoms with Gasteiger partial charge in [-0.2, -0.15) is 0 Å². The lowest BCUT2D eigenvalue weighted by atomic mass is 9.56. The molecule has 4 aliphatic rings. The Kier molecular flexibility index (Phi) is 8.37. The van der Waals surface area contributed by atoms with Gasteiger partial charge >= 0.3 is 0 Å². The summed E-state index contributed by atoms with van der Waals surface area (Å²) >= 11 is 16.0. The Morgan fingerprint density at radius 3 is 2.17 bits per heavy atom. The molecule has 19 heteroatoms. The number of phenols is 1. The van der Waals surface area contributed by atoms with Gasteiger partial charge in [0, 0.05) is 18.1 Å². The number of methoxy groups -OCH3 is 1. The Balaban J connectivity index is 1.44. The van der Waals surface area contributed by atoms with Crippen molar-refractivity contribution < 1.29 is 55.9 Å². The summed E-state index contributed by atoms with van der Waals surface area (Å²) < 4.78 is 78.9. The number of anilines is 2. The minimum Gasteiger partial charge on any atom is -0.504 e. The number of nitrogens with zero attached hydrogens (tertiary/aromatic N) is 3. The van der Waals surface area contributed by atoms with Crippen molar-refractivity contribution in [2.24, 2.45) is 17.8 Å². The number of halogens is 8. The van der Waals surface area contributed by atoms with Crippen molar-refractivity contribution in [3.05, 3.63) is 96.4 Å². The first-order valence-corrected chi connectivity index (χ1v) is 16.9. The normalized spacial score (nSPS) is 28.1. The van der Waals surface area contributed by atoms with Gasteiger partial charge in [0.05, 0.1) is 33.1 Å². The maximum absolute atomic E-state index is 15.3. The van der Waals surface area contributed by atoms with Crippen molar-refractivity contribution in [2.75, 3.05) is 16.9 Å². The molecule has 2 aliphatic heterocycles. The third-order valence-electron chi connectivity index (χ3n) is 10.1. The summed E-state index contributed by atoms with van der Waals surface area (Å²) in [5.41, 5.74) is -2.27. The molecule has 2 aliphatic carbocycles. The van der Waals surface area contributed by atoms with Gasteiger partial charge in [-0.15, -0.1) is 23.2 Å². The summed E-state index contributed by atoms with van der Waals surface area (Å²) in [4.78, 5) is 62.5. The van der Waals surface area contributed by atoms with Gasteiger partial charge in [0.1, 0.15) is 5.69 Å². The average molecular weight is 878 g/mol. The van der Waals surface area contributed by atoms with Crippen molar-refractivity contribution in [1.29, 1.82) is 0 Å². The van der Waals surface area contributed by atoms with E-state index >= 15 is 8.78 Å². The summed E-state index contributed by atoms with van der Waals surface area (Å²) in [6.45, 7) is 0. The van der Waals surface area contributed by atoms with E-state index in [1.54, 1.807) is 22.6 Å². The molecule has 6 unspecified atom stereocenters. The number of non-ortho nitro benzene ring substituents is 1. The number of rotatable bonds is 5. The largest absolute Gasteiger partial charge is 0.504 e. The first kappa shape index (κ1) is 36.0. The van der Waals surface area contributed by atoms with E-state index in [4.69, 9.17) is 27.9 Å². The highest BCUT2D eigenvalue weighted by Crippen LogP contribution is 2.66. The zero-order chi connectivity index (χ0) is 37.9. The van der Waals surface area contributed by atoms with Crippen molar-refractivity contribution >= 4 is 86.5 Å². The van der Waals surface area contributed by atoms with Gasteiger partial charge in [0.25, 0.3) is 17.5 Å². The highest BCUT2D eigenvalue weighted by molar-refractivity contribution is 14.1. The summed E-state index contributed by atoms with van der Waals surface area (Å²) in [7, 11) is 1.20. The van der Waals surface area contributed by atoms with E-state index in [1.165, 1.54) is 37.5 Å². The van der Waals surface area contributed by atoms with E-state index in [-0.39, 0.29) is 43.2 Å². The number of ether oxygens (including phenoxy) is 1. The van der Waals surface area contributed by atoms with Crippen LogP contribution in [0, 0.1) is 60.5 Å². The predicted octanol–water partition coefficient (Wildman–Crippen LogP) is 6.38. The summed E-state index contributed by atoms with van der Waals surface area (Å²) in [5, 5.41) is 22.1. The Labute approximate surface area is 312 Å². The monoisotopic (exact) mass is 877 g/mol. The van der Waals surface area contributed by atoms with E-state index in [1.807, 2.05) is 0 Å². The molecule has 52 heavy (non-hydrogen) atoms. The molecule has 0 bridgehead atoms. The fourth-order valence-corrected chi connectivity index (χ4v) is 9.42. The van der Waals surface area contributed by atoms with Crippen LogP contribution in [-0.2, 0) is 19.2 Å². The smallest absolute Gasteiger partial charge is 0.271 e. The molecule has 3 aromatic rings. The van der Waals surface area contributed by atoms with Crippen LogP contribution >= 0.6 is 45.8 Å². The van der Waals surface area contributed by atoms with Crippen LogP contribution in [0.2, 0.25) is 0 Å². The third-order valence-corrected chi connectivity index (χ3v) is 12.4.